The summed E-state index contributed by atoms with van der Waals surface area (Å²) < 4.78 is 1.88. The fourth-order valence-electron chi connectivity index (χ4n) is 3.21. The number of hydrogen-bond donors (Lipinski definition) is 1. The number of aromatic nitrogens is 2. The first-order valence-electron chi connectivity index (χ1n) is 8.00. The van der Waals surface area contributed by atoms with Crippen molar-refractivity contribution in [1.82, 2.24) is 15.1 Å². The van der Waals surface area contributed by atoms with Gasteiger partial charge in [0.1, 0.15) is 0 Å². The maximum atomic E-state index is 6.19. The predicted octanol–water partition coefficient (Wildman–Crippen LogP) is 2.82. The summed E-state index contributed by atoms with van der Waals surface area (Å²) in [6.45, 7) is 2.07. The van der Waals surface area contributed by atoms with Crippen LogP contribution in [0.1, 0.15) is 30.4 Å². The van der Waals surface area contributed by atoms with E-state index >= 15 is 0 Å². The number of hydrogen-bond acceptors (Lipinski definition) is 3. The Morgan fingerprint density at radius 3 is 3.00 bits per heavy atom. The normalized spacial score (nSPS) is 19.4. The molecular formula is C18H18BN4. The van der Waals surface area contributed by atoms with Crippen molar-refractivity contribution in [3.63, 3.8) is 0 Å². The summed E-state index contributed by atoms with van der Waals surface area (Å²) in [6.07, 6.45) is 9.52. The Morgan fingerprint density at radius 2 is 2.22 bits per heavy atom. The first kappa shape index (κ1) is 14.2. The van der Waals surface area contributed by atoms with Gasteiger partial charge in [-0.25, -0.2) is 0 Å². The van der Waals surface area contributed by atoms with Crippen LogP contribution in [0.2, 0.25) is 0 Å². The third kappa shape index (κ3) is 2.56. The molecule has 1 radical (unpaired) electrons. The van der Waals surface area contributed by atoms with E-state index in [0.29, 0.717) is 11.5 Å². The van der Waals surface area contributed by atoms with E-state index in [4.69, 9.17) is 12.5 Å². The Labute approximate surface area is 137 Å². The molecule has 5 heteroatoms. The minimum absolute atomic E-state index is 0.547. The fourth-order valence-corrected chi connectivity index (χ4v) is 3.21. The van der Waals surface area contributed by atoms with Crippen LogP contribution in [0.3, 0.4) is 0 Å². The number of nitrogens with zero attached hydrogens (tertiary/aromatic N) is 3. The van der Waals surface area contributed by atoms with Crippen LogP contribution in [0.25, 0.3) is 5.69 Å². The van der Waals surface area contributed by atoms with Gasteiger partial charge in [0.15, 0.2) is 0 Å². The summed E-state index contributed by atoms with van der Waals surface area (Å²) in [5.74, 6) is 2.28. The van der Waals surface area contributed by atoms with E-state index in [1.54, 1.807) is 6.20 Å². The Morgan fingerprint density at radius 1 is 1.35 bits per heavy atom. The summed E-state index contributed by atoms with van der Waals surface area (Å²) in [5, 5.41) is 7.74. The molecule has 1 N–H and O–H groups in total. The van der Waals surface area contributed by atoms with Crippen LogP contribution in [-0.4, -0.2) is 28.7 Å². The number of fused-ring (bicyclic) bond motifs is 1. The zero-order chi connectivity index (χ0) is 15.8. The zero-order valence-corrected chi connectivity index (χ0v) is 13.2. The number of para-hydroxylation sites is 1. The summed E-state index contributed by atoms with van der Waals surface area (Å²) in [5.41, 5.74) is 3.68. The SMILES string of the molecule is [B]=C1NC(CC2C=CCC2)=Nc2c1cnn2-c1ccccc1C. The standard InChI is InChI=1S/C18H18BN4/c1-12-6-2-5-9-15(12)23-18-14(11-20-23)17(19)21-16(22-18)10-13-7-3-4-8-13/h2-3,5-7,9,11,13H,4,8,10H2,1H3,(H,21,22). The van der Waals surface area contributed by atoms with Crippen molar-refractivity contribution in [3.05, 3.63) is 53.7 Å². The maximum absolute atomic E-state index is 6.19. The number of aliphatic imine (C=N–C) groups is 1. The van der Waals surface area contributed by atoms with E-state index in [0.717, 1.165) is 41.3 Å². The van der Waals surface area contributed by atoms with Crippen LogP contribution in [0.5, 0.6) is 0 Å². The van der Waals surface area contributed by atoms with Gasteiger partial charge in [-0.15, -0.1) is 0 Å². The number of nitrogens with one attached hydrogen (secondary N) is 1. The average Bonchev–Trinajstić information content (AvgIpc) is 3.18. The molecule has 0 bridgehead atoms. The second-order valence-corrected chi connectivity index (χ2v) is 6.15. The monoisotopic (exact) mass is 301 g/mol. The van der Waals surface area contributed by atoms with Gasteiger partial charge in [-0.3, -0.25) is 0 Å². The molecule has 1 aromatic carbocycles. The van der Waals surface area contributed by atoms with Gasteiger partial charge in [0.25, 0.3) is 0 Å². The molecule has 0 spiro atoms. The molecule has 4 rings (SSSR count). The fraction of sp³-hybridized carbons (Fsp3) is 0.278. The molecule has 2 heterocycles. The third-order valence-electron chi connectivity index (χ3n) is 4.47. The van der Waals surface area contributed by atoms with Crippen LogP contribution in [-0.2, 0) is 0 Å². The average molecular weight is 301 g/mol. The van der Waals surface area contributed by atoms with Crippen LogP contribution >= 0.6 is 0 Å². The van der Waals surface area contributed by atoms with Crippen molar-refractivity contribution in [3.8, 4) is 5.69 Å². The van der Waals surface area contributed by atoms with Crippen molar-refractivity contribution in [2.45, 2.75) is 26.2 Å². The first-order valence-corrected chi connectivity index (χ1v) is 8.00. The number of rotatable bonds is 3. The van der Waals surface area contributed by atoms with Crippen molar-refractivity contribution in [2.75, 3.05) is 0 Å². The molecule has 1 aliphatic heterocycles. The van der Waals surface area contributed by atoms with Crippen molar-refractivity contribution >= 4 is 24.7 Å². The Bertz CT molecular complexity index is 831. The summed E-state index contributed by atoms with van der Waals surface area (Å²) in [4.78, 5) is 4.81. The van der Waals surface area contributed by atoms with Gasteiger partial charge in [-0.05, 0) is 0 Å². The molecule has 23 heavy (non-hydrogen) atoms. The molecule has 0 saturated heterocycles. The first-order chi connectivity index (χ1) is 11.2. The molecule has 1 unspecified atom stereocenters. The Balaban J connectivity index is 1.74. The van der Waals surface area contributed by atoms with Gasteiger partial charge >= 0.3 is 136 Å². The molecule has 1 aliphatic carbocycles. The van der Waals surface area contributed by atoms with E-state index in [1.165, 1.54) is 6.42 Å². The van der Waals surface area contributed by atoms with Crippen LogP contribution < -0.4 is 5.32 Å². The molecular weight excluding hydrogens is 283 g/mol. The molecule has 0 amide bonds. The van der Waals surface area contributed by atoms with Crippen molar-refractivity contribution in [2.24, 2.45) is 10.9 Å². The quantitative estimate of drug-likeness (QED) is 0.699. The molecule has 0 saturated carbocycles. The van der Waals surface area contributed by atoms with Gasteiger partial charge in [0.2, 0.25) is 0 Å². The van der Waals surface area contributed by atoms with Crippen LogP contribution in [0, 0.1) is 12.8 Å². The van der Waals surface area contributed by atoms with Crippen molar-refractivity contribution in [1.29, 1.82) is 0 Å². The molecule has 1 atom stereocenters. The Hall–Kier alpha value is -2.43. The van der Waals surface area contributed by atoms with Gasteiger partial charge < -0.3 is 0 Å². The predicted molar refractivity (Wildman–Crippen MR) is 94.9 cm³/mol. The van der Waals surface area contributed by atoms with Crippen LogP contribution in [0.15, 0.2) is 47.6 Å². The summed E-state index contributed by atoms with van der Waals surface area (Å²) in [7, 11) is 6.19. The third-order valence-corrected chi connectivity index (χ3v) is 4.47. The molecule has 1 aromatic heterocycles. The van der Waals surface area contributed by atoms with E-state index in [-0.39, 0.29) is 0 Å². The minimum atomic E-state index is 0.547. The summed E-state index contributed by atoms with van der Waals surface area (Å²) >= 11 is 0. The van der Waals surface area contributed by atoms with Gasteiger partial charge in [0.05, 0.1) is 0 Å². The van der Waals surface area contributed by atoms with E-state index in [9.17, 15) is 0 Å². The second-order valence-electron chi connectivity index (χ2n) is 6.15. The van der Waals surface area contributed by atoms with Gasteiger partial charge in [0, 0.05) is 0 Å². The molecule has 2 aliphatic rings. The molecule has 4 nitrogen and oxygen atoms in total. The van der Waals surface area contributed by atoms with Crippen LogP contribution in [0.4, 0.5) is 5.82 Å². The Kier molecular flexibility index (Phi) is 3.48. The second kappa shape index (κ2) is 5.65. The van der Waals surface area contributed by atoms with E-state index in [1.807, 2.05) is 16.8 Å². The van der Waals surface area contributed by atoms with Gasteiger partial charge in [-0.2, -0.15) is 0 Å². The van der Waals surface area contributed by atoms with E-state index < -0.39 is 0 Å². The molecule has 113 valence electrons. The zero-order valence-electron chi connectivity index (χ0n) is 13.2. The van der Waals surface area contributed by atoms with Gasteiger partial charge in [-0.1, -0.05) is 0 Å². The summed E-state index contributed by atoms with van der Waals surface area (Å²) in [6, 6.07) is 8.16. The number of amidine groups is 1. The molecule has 0 fully saturated rings. The number of allylic oxidation sites excluding steroid dienone is 2. The molecule has 2 aromatic rings. The number of aryl methyl sites for hydroxylation is 1. The van der Waals surface area contributed by atoms with Crippen molar-refractivity contribution < 1.29 is 0 Å². The topological polar surface area (TPSA) is 42.2 Å². The number of benzene rings is 1. The van der Waals surface area contributed by atoms with E-state index in [2.05, 4.69) is 41.6 Å².